The van der Waals surface area contributed by atoms with Gasteiger partial charge in [0.15, 0.2) is 5.79 Å². The van der Waals surface area contributed by atoms with Crippen molar-refractivity contribution in [1.29, 1.82) is 0 Å². The van der Waals surface area contributed by atoms with Crippen molar-refractivity contribution in [2.75, 3.05) is 26.9 Å². The quantitative estimate of drug-likeness (QED) is 0.189. The summed E-state index contributed by atoms with van der Waals surface area (Å²) in [5, 5.41) is 3.38. The number of carbonyl (C=O) groups is 1. The third-order valence-corrected chi connectivity index (χ3v) is 3.14. The fourth-order valence-electron chi connectivity index (χ4n) is 2.25. The minimum atomic E-state index is -0.397. The maximum atomic E-state index is 10.9. The third-order valence-electron chi connectivity index (χ3n) is 3.14. The molecule has 2 heterocycles. The van der Waals surface area contributed by atoms with Crippen LogP contribution in [0.2, 0.25) is 0 Å². The molecule has 0 saturated carbocycles. The molecule has 0 unspecified atom stereocenters. The first kappa shape index (κ1) is 28.4. The number of rotatable bonds is 3. The molecule has 2 fully saturated rings. The number of esters is 1. The molecule has 8 nitrogen and oxygen atoms in total. The normalized spacial score (nSPS) is 19.9. The van der Waals surface area contributed by atoms with Gasteiger partial charge < -0.3 is 19.5 Å². The van der Waals surface area contributed by atoms with Gasteiger partial charge in [-0.25, -0.2) is 4.79 Å². The van der Waals surface area contributed by atoms with Crippen molar-refractivity contribution in [3.05, 3.63) is 44.3 Å². The Morgan fingerprint density at radius 2 is 1.72 bits per heavy atom. The SMILES string of the molecule is COC(=O)/C=C/C=C/[C@@H]1CC2(CCN1)OCCO2.[C-]#[O+].[C-]#[O+].[C-]#[O+].[Fe]. The summed E-state index contributed by atoms with van der Waals surface area (Å²) in [7, 11) is 1.36. The van der Waals surface area contributed by atoms with Gasteiger partial charge >= 0.3 is 39.9 Å². The van der Waals surface area contributed by atoms with Crippen LogP contribution in [-0.4, -0.2) is 44.7 Å². The van der Waals surface area contributed by atoms with Gasteiger partial charge in [-0.2, -0.15) is 0 Å². The van der Waals surface area contributed by atoms with Crippen LogP contribution < -0.4 is 5.32 Å². The van der Waals surface area contributed by atoms with E-state index in [1.54, 1.807) is 6.08 Å². The molecule has 1 N–H and O–H groups in total. The first-order chi connectivity index (χ1) is 11.7. The monoisotopic (exact) mass is 393 g/mol. The van der Waals surface area contributed by atoms with Crippen molar-refractivity contribution in [3.8, 4) is 0 Å². The van der Waals surface area contributed by atoms with E-state index >= 15 is 0 Å². The van der Waals surface area contributed by atoms with E-state index in [4.69, 9.17) is 23.4 Å². The summed E-state index contributed by atoms with van der Waals surface area (Å²) in [5.74, 6) is -0.748. The molecular formula is C16H19FeNO7. The molecule has 2 rings (SSSR count). The summed E-state index contributed by atoms with van der Waals surface area (Å²) in [6.07, 6.45) is 8.58. The molecule has 2 saturated heterocycles. The Bertz CT molecular complexity index is 451. The Morgan fingerprint density at radius 3 is 2.24 bits per heavy atom. The van der Waals surface area contributed by atoms with Gasteiger partial charge in [-0.3, -0.25) is 0 Å². The number of allylic oxidation sites excluding steroid dienone is 2. The molecule has 0 aromatic rings. The number of piperidine rings is 1. The van der Waals surface area contributed by atoms with Gasteiger partial charge in [0.2, 0.25) is 0 Å². The van der Waals surface area contributed by atoms with E-state index < -0.39 is 5.79 Å². The van der Waals surface area contributed by atoms with Crippen molar-refractivity contribution in [3.63, 3.8) is 0 Å². The fourth-order valence-corrected chi connectivity index (χ4v) is 2.25. The van der Waals surface area contributed by atoms with Crippen molar-refractivity contribution in [2.45, 2.75) is 24.7 Å². The standard InChI is InChI=1S/C13H19NO4.3CO.Fe/c1-16-12(15)5-3-2-4-11-10-13(6-7-14-11)17-8-9-18-13;3*1-2;/h2-5,11,14H,6-10H2,1H3;;;;/b4-2+,5-3+;;;;/t11-;;;;/m1..../s1. The number of hydrogen-bond donors (Lipinski definition) is 1. The van der Waals surface area contributed by atoms with Gasteiger partial charge in [-0.05, 0) is 0 Å². The summed E-state index contributed by atoms with van der Waals surface area (Å²) >= 11 is 0. The molecule has 2 aliphatic heterocycles. The van der Waals surface area contributed by atoms with Crippen molar-refractivity contribution < 1.29 is 50.0 Å². The van der Waals surface area contributed by atoms with E-state index in [0.29, 0.717) is 13.2 Å². The summed E-state index contributed by atoms with van der Waals surface area (Å²) in [6, 6.07) is 0.208. The Hall–Kier alpha value is -1.43. The number of methoxy groups -OCH3 is 1. The van der Waals surface area contributed by atoms with Crippen LogP contribution >= 0.6 is 0 Å². The van der Waals surface area contributed by atoms with Crippen LogP contribution in [-0.2, 0) is 50.0 Å². The zero-order chi connectivity index (χ0) is 18.8. The Balaban J connectivity index is -0.000000626. The molecular weight excluding hydrogens is 374 g/mol. The molecule has 138 valence electrons. The van der Waals surface area contributed by atoms with Crippen molar-refractivity contribution in [2.24, 2.45) is 0 Å². The topological polar surface area (TPSA) is 116 Å². The molecule has 0 bridgehead atoms. The summed E-state index contributed by atoms with van der Waals surface area (Å²) in [4.78, 5) is 10.9. The van der Waals surface area contributed by atoms with Crippen LogP contribution in [0.1, 0.15) is 12.8 Å². The van der Waals surface area contributed by atoms with Gasteiger partial charge in [-0.1, -0.05) is 18.2 Å². The zero-order valence-corrected chi connectivity index (χ0v) is 14.7. The van der Waals surface area contributed by atoms with E-state index in [1.807, 2.05) is 12.2 Å². The second kappa shape index (κ2) is 18.9. The molecule has 2 aliphatic rings. The summed E-state index contributed by atoms with van der Waals surface area (Å²) < 4.78 is 38.4. The van der Waals surface area contributed by atoms with Gasteiger partial charge in [0.05, 0.1) is 20.3 Å². The number of ether oxygens (including phenoxy) is 3. The summed E-state index contributed by atoms with van der Waals surface area (Å²) in [5.41, 5.74) is 0. The number of carbonyl (C=O) groups excluding carboxylic acids is 1. The van der Waals surface area contributed by atoms with Crippen molar-refractivity contribution >= 4 is 5.97 Å². The third kappa shape index (κ3) is 11.7. The summed E-state index contributed by atoms with van der Waals surface area (Å²) in [6.45, 7) is 15.7. The Labute approximate surface area is 157 Å². The molecule has 1 spiro atoms. The second-order valence-corrected chi connectivity index (χ2v) is 4.39. The first-order valence-corrected chi connectivity index (χ1v) is 6.79. The average Bonchev–Trinajstić information content (AvgIpc) is 3.11. The maximum Gasteiger partial charge on any atom is 0 e. The second-order valence-electron chi connectivity index (χ2n) is 4.39. The van der Waals surface area contributed by atoms with E-state index in [-0.39, 0.29) is 29.1 Å². The average molecular weight is 393 g/mol. The maximum absolute atomic E-state index is 10.9. The van der Waals surface area contributed by atoms with E-state index in [2.05, 4.69) is 30.0 Å². The molecule has 9 heteroatoms. The molecule has 0 amide bonds. The molecule has 25 heavy (non-hydrogen) atoms. The smallest absolute Gasteiger partial charge is 0 e. The van der Waals surface area contributed by atoms with Gasteiger partial charge in [0.25, 0.3) is 0 Å². The zero-order valence-electron chi connectivity index (χ0n) is 13.6. The van der Waals surface area contributed by atoms with Crippen molar-refractivity contribution in [1.82, 2.24) is 5.32 Å². The van der Waals surface area contributed by atoms with Crippen LogP contribution in [0.5, 0.6) is 0 Å². The van der Waals surface area contributed by atoms with Gasteiger partial charge in [0, 0.05) is 48.6 Å². The molecule has 0 aliphatic carbocycles. The van der Waals surface area contributed by atoms with E-state index in [0.717, 1.165) is 19.4 Å². The van der Waals surface area contributed by atoms with Gasteiger partial charge in [0.1, 0.15) is 0 Å². The first-order valence-electron chi connectivity index (χ1n) is 6.79. The number of nitrogens with one attached hydrogen (secondary N) is 1. The molecule has 0 radical (unpaired) electrons. The number of hydrogen-bond acceptors (Lipinski definition) is 5. The Morgan fingerprint density at radius 1 is 1.16 bits per heavy atom. The molecule has 0 aromatic carbocycles. The fraction of sp³-hybridized carbons (Fsp3) is 0.500. The minimum absolute atomic E-state index is 0. The van der Waals surface area contributed by atoms with Crippen LogP contribution in [0.3, 0.4) is 0 Å². The molecule has 0 aromatic heterocycles. The van der Waals surface area contributed by atoms with Crippen LogP contribution in [0, 0.1) is 20.0 Å². The van der Waals surface area contributed by atoms with E-state index in [9.17, 15) is 4.79 Å². The minimum Gasteiger partial charge on any atom is 0 e. The predicted octanol–water partition coefficient (Wildman–Crippen LogP) is 0.652. The molecule has 1 atom stereocenters. The Kier molecular flexibility index (Phi) is 21.5. The predicted molar refractivity (Wildman–Crippen MR) is 77.7 cm³/mol. The van der Waals surface area contributed by atoms with E-state index in [1.165, 1.54) is 13.2 Å². The van der Waals surface area contributed by atoms with Crippen LogP contribution in [0.15, 0.2) is 24.3 Å². The van der Waals surface area contributed by atoms with Gasteiger partial charge in [-0.15, -0.1) is 0 Å². The largest absolute Gasteiger partial charge is 0 e. The van der Waals surface area contributed by atoms with Crippen LogP contribution in [0.4, 0.5) is 0 Å². The van der Waals surface area contributed by atoms with Crippen LogP contribution in [0.25, 0.3) is 0 Å².